The van der Waals surface area contributed by atoms with Crippen molar-refractivity contribution in [1.29, 1.82) is 0 Å². The molecule has 1 amide bonds. The maximum atomic E-state index is 13.7. The number of benzene rings is 1. The summed E-state index contributed by atoms with van der Waals surface area (Å²) in [5, 5.41) is 5.01. The van der Waals surface area contributed by atoms with Crippen molar-refractivity contribution in [3.05, 3.63) is 47.4 Å². The molecule has 2 aliphatic rings. The largest absolute Gasteiger partial charge is 0.489 e. The van der Waals surface area contributed by atoms with E-state index in [-0.39, 0.29) is 17.9 Å². The molecule has 8 nitrogen and oxygen atoms in total. The van der Waals surface area contributed by atoms with Gasteiger partial charge in [0.05, 0.1) is 12.0 Å². The summed E-state index contributed by atoms with van der Waals surface area (Å²) in [6.45, 7) is 7.16. The fourth-order valence-corrected chi connectivity index (χ4v) is 4.66. The van der Waals surface area contributed by atoms with Crippen molar-refractivity contribution in [2.24, 2.45) is 0 Å². The first-order chi connectivity index (χ1) is 15.5. The first-order valence-corrected chi connectivity index (χ1v) is 11.4. The van der Waals surface area contributed by atoms with Gasteiger partial charge in [-0.1, -0.05) is 37.6 Å². The molecule has 2 aliphatic heterocycles. The zero-order chi connectivity index (χ0) is 22.2. The quantitative estimate of drug-likeness (QED) is 0.616. The molecule has 0 unspecified atom stereocenters. The van der Waals surface area contributed by atoms with Crippen molar-refractivity contribution >= 4 is 34.4 Å². The Morgan fingerprint density at radius 3 is 2.88 bits per heavy atom. The van der Waals surface area contributed by atoms with Gasteiger partial charge in [0, 0.05) is 43.4 Å². The van der Waals surface area contributed by atoms with Crippen LogP contribution in [0.1, 0.15) is 25.3 Å². The van der Waals surface area contributed by atoms with Gasteiger partial charge in [-0.25, -0.2) is 9.97 Å². The number of H-pyrrole nitrogens is 1. The Morgan fingerprint density at radius 1 is 1.28 bits per heavy atom. The lowest BCUT2D eigenvalue weighted by atomic mass is 9.96. The van der Waals surface area contributed by atoms with Crippen LogP contribution in [0.4, 0.5) is 5.82 Å². The third-order valence-electron chi connectivity index (χ3n) is 6.21. The van der Waals surface area contributed by atoms with E-state index in [0.717, 1.165) is 28.2 Å². The number of aromatic nitrogens is 3. The summed E-state index contributed by atoms with van der Waals surface area (Å²) in [5.41, 5.74) is 1.74. The number of nitrogens with one attached hydrogen (secondary N) is 2. The van der Waals surface area contributed by atoms with E-state index in [9.17, 15) is 4.79 Å². The SMILES string of the molecule is CC(C)NC[C@@H](C(=O)N1CCN2c3ncnc4[nH]cc(c34)OC[C@@H]2C1)c1ccc(Cl)cc1. The van der Waals surface area contributed by atoms with E-state index in [2.05, 4.69) is 39.0 Å². The second-order valence-electron chi connectivity index (χ2n) is 8.68. The second kappa shape index (κ2) is 8.60. The molecule has 1 saturated heterocycles. The summed E-state index contributed by atoms with van der Waals surface area (Å²) in [6, 6.07) is 7.91. The molecule has 2 N–H and O–H groups in total. The van der Waals surface area contributed by atoms with Gasteiger partial charge in [0.2, 0.25) is 5.91 Å². The van der Waals surface area contributed by atoms with Crippen LogP contribution in [0.5, 0.6) is 5.75 Å². The minimum atomic E-state index is -0.271. The second-order valence-corrected chi connectivity index (χ2v) is 9.12. The van der Waals surface area contributed by atoms with Gasteiger partial charge in [-0.15, -0.1) is 0 Å². The van der Waals surface area contributed by atoms with E-state index in [1.54, 1.807) is 6.33 Å². The summed E-state index contributed by atoms with van der Waals surface area (Å²) in [7, 11) is 0. The zero-order valence-electron chi connectivity index (χ0n) is 18.2. The van der Waals surface area contributed by atoms with Gasteiger partial charge in [-0.05, 0) is 17.7 Å². The highest BCUT2D eigenvalue weighted by molar-refractivity contribution is 6.30. The van der Waals surface area contributed by atoms with Gasteiger partial charge in [-0.3, -0.25) is 4.79 Å². The Hall–Kier alpha value is -2.84. The number of aromatic amines is 1. The summed E-state index contributed by atoms with van der Waals surface area (Å²) < 4.78 is 6.08. The summed E-state index contributed by atoms with van der Waals surface area (Å²) in [5.74, 6) is 1.49. The number of carbonyl (C=O) groups excluding carboxylic acids is 1. The monoisotopic (exact) mass is 454 g/mol. The Balaban J connectivity index is 1.38. The molecule has 1 aromatic carbocycles. The predicted molar refractivity (Wildman–Crippen MR) is 124 cm³/mol. The van der Waals surface area contributed by atoms with Crippen molar-refractivity contribution in [3.63, 3.8) is 0 Å². The van der Waals surface area contributed by atoms with Crippen LogP contribution in [-0.2, 0) is 4.79 Å². The van der Waals surface area contributed by atoms with Gasteiger partial charge in [0.25, 0.3) is 0 Å². The Bertz CT molecular complexity index is 1120. The first-order valence-electron chi connectivity index (χ1n) is 11.0. The minimum Gasteiger partial charge on any atom is -0.489 e. The average Bonchev–Trinajstić information content (AvgIpc) is 3.14. The molecule has 2 atom stereocenters. The number of amides is 1. The number of halogens is 1. The summed E-state index contributed by atoms with van der Waals surface area (Å²) in [6.07, 6.45) is 3.41. The van der Waals surface area contributed by atoms with Crippen molar-refractivity contribution in [3.8, 4) is 5.75 Å². The highest BCUT2D eigenvalue weighted by atomic mass is 35.5. The fourth-order valence-electron chi connectivity index (χ4n) is 4.53. The van der Waals surface area contributed by atoms with E-state index in [1.165, 1.54) is 0 Å². The summed E-state index contributed by atoms with van der Waals surface area (Å²) >= 11 is 6.08. The topological polar surface area (TPSA) is 86.4 Å². The smallest absolute Gasteiger partial charge is 0.231 e. The van der Waals surface area contributed by atoms with E-state index >= 15 is 0 Å². The molecule has 5 rings (SSSR count). The molecule has 32 heavy (non-hydrogen) atoms. The fraction of sp³-hybridized carbons (Fsp3) is 0.435. The third kappa shape index (κ3) is 3.89. The van der Waals surface area contributed by atoms with Crippen LogP contribution in [-0.4, -0.2) is 70.6 Å². The van der Waals surface area contributed by atoms with Crippen LogP contribution in [0.3, 0.4) is 0 Å². The number of anilines is 1. The average molecular weight is 455 g/mol. The van der Waals surface area contributed by atoms with E-state index in [0.29, 0.717) is 43.9 Å². The first kappa shape index (κ1) is 21.0. The van der Waals surface area contributed by atoms with E-state index < -0.39 is 0 Å². The predicted octanol–water partition coefficient (Wildman–Crippen LogP) is 2.80. The number of nitrogens with zero attached hydrogens (tertiary/aromatic N) is 4. The maximum absolute atomic E-state index is 13.7. The lowest BCUT2D eigenvalue weighted by Gasteiger charge is -2.42. The molecule has 4 heterocycles. The molecule has 168 valence electrons. The molecule has 9 heteroatoms. The molecule has 1 fully saturated rings. The van der Waals surface area contributed by atoms with Crippen LogP contribution in [0.25, 0.3) is 11.0 Å². The number of hydrogen-bond acceptors (Lipinski definition) is 6. The summed E-state index contributed by atoms with van der Waals surface area (Å²) in [4.78, 5) is 29.9. The van der Waals surface area contributed by atoms with Gasteiger partial charge in [0.15, 0.2) is 0 Å². The molecule has 2 aromatic heterocycles. The van der Waals surface area contributed by atoms with E-state index in [4.69, 9.17) is 16.3 Å². The van der Waals surface area contributed by atoms with Crippen LogP contribution in [0.15, 0.2) is 36.8 Å². The Kier molecular flexibility index (Phi) is 5.65. The van der Waals surface area contributed by atoms with Crippen LogP contribution < -0.4 is 15.0 Å². The molecule has 3 aromatic rings. The van der Waals surface area contributed by atoms with Gasteiger partial charge in [-0.2, -0.15) is 0 Å². The highest BCUT2D eigenvalue weighted by Gasteiger charge is 2.37. The number of hydrogen-bond donors (Lipinski definition) is 2. The number of fused-ring (bicyclic) bond motifs is 2. The van der Waals surface area contributed by atoms with Gasteiger partial charge >= 0.3 is 0 Å². The Labute approximate surface area is 191 Å². The van der Waals surface area contributed by atoms with Crippen molar-refractivity contribution < 1.29 is 9.53 Å². The third-order valence-corrected chi connectivity index (χ3v) is 6.46. The van der Waals surface area contributed by atoms with Crippen LogP contribution in [0, 0.1) is 0 Å². The maximum Gasteiger partial charge on any atom is 0.231 e. The van der Waals surface area contributed by atoms with Crippen LogP contribution >= 0.6 is 11.6 Å². The zero-order valence-corrected chi connectivity index (χ0v) is 19.0. The number of ether oxygens (including phenoxy) is 1. The molecule has 0 saturated carbocycles. The standard InChI is InChI=1S/C23H27ClN6O2/c1-14(2)25-9-18(15-3-5-16(24)6-4-15)23(31)29-7-8-30-17(11-29)12-32-19-10-26-21-20(19)22(30)28-13-27-21/h3-6,10,13-14,17-18,25H,7-9,11-12H2,1-2H3,(H,26,27,28)/t17-,18+/m0/s1. The molecular weight excluding hydrogens is 428 g/mol. The molecule has 0 radical (unpaired) electrons. The molecule has 0 bridgehead atoms. The lowest BCUT2D eigenvalue weighted by molar-refractivity contribution is -0.133. The van der Waals surface area contributed by atoms with Crippen molar-refractivity contribution in [2.75, 3.05) is 37.7 Å². The number of piperazine rings is 1. The number of rotatable bonds is 5. The number of carbonyl (C=O) groups is 1. The van der Waals surface area contributed by atoms with Crippen molar-refractivity contribution in [1.82, 2.24) is 25.2 Å². The van der Waals surface area contributed by atoms with Gasteiger partial charge < -0.3 is 24.8 Å². The normalized spacial score (nSPS) is 18.9. The van der Waals surface area contributed by atoms with E-state index in [1.807, 2.05) is 35.4 Å². The van der Waals surface area contributed by atoms with Crippen LogP contribution in [0.2, 0.25) is 5.02 Å². The lowest BCUT2D eigenvalue weighted by Crippen LogP contribution is -2.58. The molecule has 0 aliphatic carbocycles. The van der Waals surface area contributed by atoms with Crippen molar-refractivity contribution in [2.45, 2.75) is 31.8 Å². The molecule has 0 spiro atoms. The minimum absolute atomic E-state index is 0.0297. The molecular formula is C23H27ClN6O2. The highest BCUT2D eigenvalue weighted by Crippen LogP contribution is 2.36. The van der Waals surface area contributed by atoms with Gasteiger partial charge in [0.1, 0.15) is 35.5 Å². The Morgan fingerprint density at radius 2 is 2.09 bits per heavy atom.